The van der Waals surface area contributed by atoms with E-state index in [2.05, 4.69) is 0 Å². The number of ketones is 1. The van der Waals surface area contributed by atoms with Gasteiger partial charge in [-0.2, -0.15) is 0 Å². The molecular weight excluding hydrogens is 273 g/mol. The molecule has 21 heavy (non-hydrogen) atoms. The molecule has 1 aliphatic heterocycles. The number of likely N-dealkylation sites (N-methyl/N-ethyl adjacent to an activating group) is 1. The van der Waals surface area contributed by atoms with Crippen molar-refractivity contribution < 1.29 is 19.0 Å². The van der Waals surface area contributed by atoms with Gasteiger partial charge in [-0.1, -0.05) is 12.1 Å². The highest BCUT2D eigenvalue weighted by Gasteiger charge is 2.31. The quantitative estimate of drug-likeness (QED) is 0.814. The number of carbonyl (C=O) groups excluding carboxylic acids is 1. The van der Waals surface area contributed by atoms with E-state index in [9.17, 15) is 14.3 Å². The number of halogens is 1. The van der Waals surface area contributed by atoms with E-state index in [1.807, 2.05) is 11.9 Å². The molecule has 1 aliphatic rings. The van der Waals surface area contributed by atoms with Gasteiger partial charge in [0.25, 0.3) is 0 Å². The number of nitrogens with zero attached hydrogens (tertiary/aromatic N) is 1. The molecule has 0 aromatic heterocycles. The minimum atomic E-state index is -0.742. The zero-order valence-electron chi connectivity index (χ0n) is 12.3. The maximum atomic E-state index is 13.5. The van der Waals surface area contributed by atoms with Crippen molar-refractivity contribution in [1.82, 2.24) is 4.90 Å². The molecule has 0 saturated carbocycles. The molecule has 0 atom stereocenters. The first-order valence-electron chi connectivity index (χ1n) is 7.27. The Balaban J connectivity index is 1.82. The van der Waals surface area contributed by atoms with E-state index in [1.54, 1.807) is 12.1 Å². The number of rotatable bonds is 6. The van der Waals surface area contributed by atoms with Crippen LogP contribution in [-0.2, 0) is 4.74 Å². The molecule has 0 radical (unpaired) electrons. The van der Waals surface area contributed by atoms with Crippen LogP contribution in [0.1, 0.15) is 29.6 Å². The first kappa shape index (κ1) is 16.1. The Kier molecular flexibility index (Phi) is 5.45. The van der Waals surface area contributed by atoms with Crippen molar-refractivity contribution >= 4 is 5.78 Å². The highest BCUT2D eigenvalue weighted by Crippen LogP contribution is 2.21. The van der Waals surface area contributed by atoms with Gasteiger partial charge in [0.15, 0.2) is 5.78 Å². The Bertz CT molecular complexity index is 486. The fraction of sp³-hybridized carbons (Fsp3) is 0.562. The number of carbonyl (C=O) groups is 1. The van der Waals surface area contributed by atoms with Crippen LogP contribution in [-0.4, -0.2) is 54.7 Å². The summed E-state index contributed by atoms with van der Waals surface area (Å²) in [6.45, 7) is 2.13. The van der Waals surface area contributed by atoms with Crippen LogP contribution in [0.4, 0.5) is 4.39 Å². The minimum Gasteiger partial charge on any atom is -0.388 e. The van der Waals surface area contributed by atoms with Crippen LogP contribution in [0.2, 0.25) is 0 Å². The lowest BCUT2D eigenvalue weighted by Gasteiger charge is -2.35. The van der Waals surface area contributed by atoms with Crippen molar-refractivity contribution in [2.24, 2.45) is 0 Å². The van der Waals surface area contributed by atoms with Crippen LogP contribution in [0, 0.1) is 5.82 Å². The van der Waals surface area contributed by atoms with Crippen molar-refractivity contribution in [2.45, 2.75) is 24.9 Å². The average molecular weight is 295 g/mol. The van der Waals surface area contributed by atoms with Crippen LogP contribution in [0.5, 0.6) is 0 Å². The second-order valence-electron chi connectivity index (χ2n) is 5.73. The molecule has 1 aromatic carbocycles. The molecule has 1 fully saturated rings. The monoisotopic (exact) mass is 295 g/mol. The number of Topliss-reactive ketones (excluding diaryl/α,β-unsaturated/α-hetero) is 1. The third-order valence-corrected chi connectivity index (χ3v) is 3.88. The molecule has 1 heterocycles. The summed E-state index contributed by atoms with van der Waals surface area (Å²) in [6.07, 6.45) is 1.46. The number of ether oxygens (including phenoxy) is 1. The van der Waals surface area contributed by atoms with E-state index in [1.165, 1.54) is 12.1 Å². The van der Waals surface area contributed by atoms with Gasteiger partial charge in [-0.15, -0.1) is 0 Å². The zero-order chi connectivity index (χ0) is 15.3. The molecule has 1 saturated heterocycles. The van der Waals surface area contributed by atoms with E-state index in [0.717, 1.165) is 0 Å². The zero-order valence-corrected chi connectivity index (χ0v) is 12.3. The molecule has 0 spiro atoms. The lowest BCUT2D eigenvalue weighted by molar-refractivity contribution is -0.0767. The SMILES string of the molecule is CN(CCC(=O)c1ccccc1F)CC1(O)CCOCC1. The summed E-state index contributed by atoms with van der Waals surface area (Å²) in [5, 5.41) is 10.4. The summed E-state index contributed by atoms with van der Waals surface area (Å²) in [7, 11) is 1.86. The fourth-order valence-electron chi connectivity index (χ4n) is 2.61. The number of benzene rings is 1. The molecule has 2 rings (SSSR count). The summed E-state index contributed by atoms with van der Waals surface area (Å²) < 4.78 is 18.8. The second-order valence-corrected chi connectivity index (χ2v) is 5.73. The van der Waals surface area contributed by atoms with Gasteiger partial charge >= 0.3 is 0 Å². The van der Waals surface area contributed by atoms with Gasteiger partial charge in [0, 0.05) is 45.6 Å². The van der Waals surface area contributed by atoms with E-state index in [0.29, 0.717) is 39.1 Å². The molecule has 4 nitrogen and oxygen atoms in total. The van der Waals surface area contributed by atoms with E-state index in [-0.39, 0.29) is 17.8 Å². The van der Waals surface area contributed by atoms with E-state index >= 15 is 0 Å². The number of hydrogen-bond donors (Lipinski definition) is 1. The number of hydrogen-bond acceptors (Lipinski definition) is 4. The van der Waals surface area contributed by atoms with E-state index in [4.69, 9.17) is 4.74 Å². The molecule has 1 N–H and O–H groups in total. The predicted molar refractivity (Wildman–Crippen MR) is 77.8 cm³/mol. The highest BCUT2D eigenvalue weighted by molar-refractivity contribution is 5.96. The molecule has 0 bridgehead atoms. The Labute approximate surface area is 124 Å². The third-order valence-electron chi connectivity index (χ3n) is 3.88. The van der Waals surface area contributed by atoms with E-state index < -0.39 is 11.4 Å². The Morgan fingerprint density at radius 2 is 2.05 bits per heavy atom. The maximum Gasteiger partial charge on any atom is 0.167 e. The second kappa shape index (κ2) is 7.11. The molecular formula is C16H22FNO3. The van der Waals surface area contributed by atoms with Crippen LogP contribution in [0.15, 0.2) is 24.3 Å². The standard InChI is InChI=1S/C16H22FNO3/c1-18(12-16(20)7-10-21-11-8-16)9-6-15(19)13-4-2-3-5-14(13)17/h2-5,20H,6-12H2,1H3. The van der Waals surface area contributed by atoms with Gasteiger partial charge in [-0.3, -0.25) is 4.79 Å². The topological polar surface area (TPSA) is 49.8 Å². The molecule has 0 amide bonds. The van der Waals surface area contributed by atoms with Crippen LogP contribution in [0.25, 0.3) is 0 Å². The van der Waals surface area contributed by atoms with Crippen LogP contribution in [0.3, 0.4) is 0 Å². The Hall–Kier alpha value is -1.30. The summed E-state index contributed by atoms with van der Waals surface area (Å²) in [5.74, 6) is -0.688. The van der Waals surface area contributed by atoms with Crippen molar-refractivity contribution in [3.63, 3.8) is 0 Å². The first-order valence-corrected chi connectivity index (χ1v) is 7.27. The van der Waals surface area contributed by atoms with Crippen LogP contribution < -0.4 is 0 Å². The summed E-state index contributed by atoms with van der Waals surface area (Å²) in [6, 6.07) is 6.02. The largest absolute Gasteiger partial charge is 0.388 e. The first-order chi connectivity index (χ1) is 10.0. The normalized spacial score (nSPS) is 17.9. The summed E-state index contributed by atoms with van der Waals surface area (Å²) >= 11 is 0. The van der Waals surface area contributed by atoms with Gasteiger partial charge in [0.1, 0.15) is 5.82 Å². The van der Waals surface area contributed by atoms with Gasteiger partial charge < -0.3 is 14.7 Å². The van der Waals surface area contributed by atoms with Crippen LogP contribution >= 0.6 is 0 Å². The smallest absolute Gasteiger partial charge is 0.167 e. The van der Waals surface area contributed by atoms with Gasteiger partial charge in [0.2, 0.25) is 0 Å². The van der Waals surface area contributed by atoms with Gasteiger partial charge in [0.05, 0.1) is 11.2 Å². The Morgan fingerprint density at radius 3 is 2.71 bits per heavy atom. The maximum absolute atomic E-state index is 13.5. The summed E-state index contributed by atoms with van der Waals surface area (Å²) in [4.78, 5) is 13.9. The lowest BCUT2D eigenvalue weighted by atomic mass is 9.94. The molecule has 116 valence electrons. The Morgan fingerprint density at radius 1 is 1.38 bits per heavy atom. The third kappa shape index (κ3) is 4.59. The van der Waals surface area contributed by atoms with Gasteiger partial charge in [-0.25, -0.2) is 4.39 Å². The number of aliphatic hydroxyl groups is 1. The molecule has 0 aliphatic carbocycles. The lowest BCUT2D eigenvalue weighted by Crippen LogP contribution is -2.46. The fourth-order valence-corrected chi connectivity index (χ4v) is 2.61. The van der Waals surface area contributed by atoms with Gasteiger partial charge in [-0.05, 0) is 19.2 Å². The molecule has 0 unspecified atom stereocenters. The van der Waals surface area contributed by atoms with Crippen molar-refractivity contribution in [3.05, 3.63) is 35.6 Å². The average Bonchev–Trinajstić information content (AvgIpc) is 2.45. The molecule has 5 heteroatoms. The van der Waals surface area contributed by atoms with Crippen molar-refractivity contribution in [2.75, 3.05) is 33.4 Å². The van der Waals surface area contributed by atoms with Crippen molar-refractivity contribution in [1.29, 1.82) is 0 Å². The highest BCUT2D eigenvalue weighted by atomic mass is 19.1. The van der Waals surface area contributed by atoms with Crippen molar-refractivity contribution in [3.8, 4) is 0 Å². The molecule has 1 aromatic rings. The summed E-state index contributed by atoms with van der Waals surface area (Å²) in [5.41, 5.74) is -0.607. The minimum absolute atomic E-state index is 0.135. The predicted octanol–water partition coefficient (Wildman–Crippen LogP) is 1.87.